The molecule has 2 atom stereocenters. The number of hydrogen-bond donors (Lipinski definition) is 1. The fourth-order valence-electron chi connectivity index (χ4n) is 4.02. The number of carbonyl (C=O) groups excluding carboxylic acids is 1. The number of hydrogen-bond acceptors (Lipinski definition) is 4. The SMILES string of the molecule is CCC1CN(C(=O)C2CC2)CCC1NCc1cccc2c1OCCO2. The van der Waals surface area contributed by atoms with E-state index >= 15 is 0 Å². The van der Waals surface area contributed by atoms with Gasteiger partial charge in [0, 0.05) is 37.2 Å². The van der Waals surface area contributed by atoms with E-state index in [0.717, 1.165) is 62.4 Å². The van der Waals surface area contributed by atoms with Crippen molar-refractivity contribution in [3.63, 3.8) is 0 Å². The van der Waals surface area contributed by atoms with Crippen molar-refractivity contribution in [3.8, 4) is 11.5 Å². The third-order valence-electron chi connectivity index (χ3n) is 5.70. The summed E-state index contributed by atoms with van der Waals surface area (Å²) in [5.74, 6) is 2.97. The van der Waals surface area contributed by atoms with Crippen molar-refractivity contribution in [2.24, 2.45) is 11.8 Å². The molecule has 25 heavy (non-hydrogen) atoms. The van der Waals surface area contributed by atoms with Crippen LogP contribution in [0.2, 0.25) is 0 Å². The summed E-state index contributed by atoms with van der Waals surface area (Å²) < 4.78 is 11.5. The molecule has 5 heteroatoms. The second-order valence-corrected chi connectivity index (χ2v) is 7.44. The molecule has 5 nitrogen and oxygen atoms in total. The van der Waals surface area contributed by atoms with Crippen molar-refractivity contribution >= 4 is 5.91 Å². The molecule has 2 aliphatic heterocycles. The van der Waals surface area contributed by atoms with E-state index < -0.39 is 0 Å². The van der Waals surface area contributed by atoms with Gasteiger partial charge in [-0.25, -0.2) is 0 Å². The van der Waals surface area contributed by atoms with Gasteiger partial charge in [-0.1, -0.05) is 25.5 Å². The minimum atomic E-state index is 0.329. The quantitative estimate of drug-likeness (QED) is 0.892. The molecular weight excluding hydrogens is 316 g/mol. The second-order valence-electron chi connectivity index (χ2n) is 7.44. The van der Waals surface area contributed by atoms with Crippen molar-refractivity contribution in [1.29, 1.82) is 0 Å². The molecule has 1 saturated carbocycles. The minimum absolute atomic E-state index is 0.329. The van der Waals surface area contributed by atoms with Crippen molar-refractivity contribution in [2.75, 3.05) is 26.3 Å². The summed E-state index contributed by atoms with van der Waals surface area (Å²) in [5.41, 5.74) is 1.16. The van der Waals surface area contributed by atoms with E-state index in [1.807, 2.05) is 12.1 Å². The molecule has 0 aromatic heterocycles. The Morgan fingerprint density at radius 1 is 1.24 bits per heavy atom. The summed E-state index contributed by atoms with van der Waals surface area (Å²) in [7, 11) is 0. The Labute approximate surface area is 149 Å². The third kappa shape index (κ3) is 3.61. The predicted molar refractivity (Wildman–Crippen MR) is 95.8 cm³/mol. The number of likely N-dealkylation sites (tertiary alicyclic amines) is 1. The first-order valence-electron chi connectivity index (χ1n) is 9.66. The van der Waals surface area contributed by atoms with Gasteiger partial charge in [0.1, 0.15) is 13.2 Å². The highest BCUT2D eigenvalue weighted by atomic mass is 16.6. The standard InChI is InChI=1S/C20H28N2O3/c1-2-14-13-22(20(23)15-6-7-15)9-8-17(14)21-12-16-4-3-5-18-19(16)25-11-10-24-18/h3-5,14-15,17,21H,2,6-13H2,1H3. The number of amides is 1. The van der Waals surface area contributed by atoms with Gasteiger partial charge in [-0.15, -0.1) is 0 Å². The van der Waals surface area contributed by atoms with Gasteiger partial charge in [0.2, 0.25) is 5.91 Å². The number of para-hydroxylation sites is 1. The van der Waals surface area contributed by atoms with Gasteiger partial charge in [-0.3, -0.25) is 4.79 Å². The Balaban J connectivity index is 1.37. The number of fused-ring (bicyclic) bond motifs is 1. The average Bonchev–Trinajstić information content (AvgIpc) is 3.51. The van der Waals surface area contributed by atoms with Gasteiger partial charge < -0.3 is 19.7 Å². The highest BCUT2D eigenvalue weighted by Crippen LogP contribution is 2.35. The third-order valence-corrected chi connectivity index (χ3v) is 5.70. The van der Waals surface area contributed by atoms with E-state index in [0.29, 0.717) is 37.0 Å². The maximum Gasteiger partial charge on any atom is 0.225 e. The second kappa shape index (κ2) is 7.24. The summed E-state index contributed by atoms with van der Waals surface area (Å²) in [5, 5.41) is 3.72. The van der Waals surface area contributed by atoms with Crippen LogP contribution in [0.25, 0.3) is 0 Å². The fourth-order valence-corrected chi connectivity index (χ4v) is 4.02. The topological polar surface area (TPSA) is 50.8 Å². The lowest BCUT2D eigenvalue weighted by atomic mass is 9.89. The number of rotatable bonds is 5. The number of piperidine rings is 1. The van der Waals surface area contributed by atoms with Crippen molar-refractivity contribution in [1.82, 2.24) is 10.2 Å². The zero-order valence-corrected chi connectivity index (χ0v) is 15.0. The minimum Gasteiger partial charge on any atom is -0.486 e. The number of benzene rings is 1. The normalized spacial score (nSPS) is 25.7. The van der Waals surface area contributed by atoms with Crippen LogP contribution in [0.3, 0.4) is 0 Å². The molecule has 1 saturated heterocycles. The molecule has 0 radical (unpaired) electrons. The molecule has 2 unspecified atom stereocenters. The van der Waals surface area contributed by atoms with E-state index in [4.69, 9.17) is 9.47 Å². The van der Waals surface area contributed by atoms with E-state index in [9.17, 15) is 4.79 Å². The van der Waals surface area contributed by atoms with E-state index in [-0.39, 0.29) is 0 Å². The highest BCUT2D eigenvalue weighted by molar-refractivity contribution is 5.81. The van der Waals surface area contributed by atoms with Gasteiger partial charge in [0.25, 0.3) is 0 Å². The number of carbonyl (C=O) groups is 1. The number of ether oxygens (including phenoxy) is 2. The molecule has 1 aliphatic carbocycles. The van der Waals surface area contributed by atoms with Gasteiger partial charge in [-0.2, -0.15) is 0 Å². The Morgan fingerprint density at radius 2 is 2.08 bits per heavy atom. The van der Waals surface area contributed by atoms with Gasteiger partial charge >= 0.3 is 0 Å². The van der Waals surface area contributed by atoms with E-state index in [2.05, 4.69) is 23.2 Å². The molecule has 1 N–H and O–H groups in total. The summed E-state index contributed by atoms with van der Waals surface area (Å²) in [6, 6.07) is 6.55. The smallest absolute Gasteiger partial charge is 0.225 e. The average molecular weight is 344 g/mol. The van der Waals surface area contributed by atoms with Crippen LogP contribution in [0.4, 0.5) is 0 Å². The Bertz CT molecular complexity index is 629. The fraction of sp³-hybridized carbons (Fsp3) is 0.650. The van der Waals surface area contributed by atoms with Crippen molar-refractivity contribution < 1.29 is 14.3 Å². The molecule has 2 heterocycles. The maximum absolute atomic E-state index is 12.3. The summed E-state index contributed by atoms with van der Waals surface area (Å²) in [4.78, 5) is 14.4. The van der Waals surface area contributed by atoms with Crippen LogP contribution in [0.1, 0.15) is 38.2 Å². The van der Waals surface area contributed by atoms with Crippen LogP contribution in [0.5, 0.6) is 11.5 Å². The van der Waals surface area contributed by atoms with Crippen LogP contribution >= 0.6 is 0 Å². The van der Waals surface area contributed by atoms with Gasteiger partial charge in [0.05, 0.1) is 0 Å². The molecular formula is C20H28N2O3. The first kappa shape index (κ1) is 16.7. The molecule has 1 aromatic carbocycles. The zero-order chi connectivity index (χ0) is 17.2. The first-order chi connectivity index (χ1) is 12.3. The maximum atomic E-state index is 12.3. The molecule has 4 rings (SSSR count). The molecule has 0 spiro atoms. The van der Waals surface area contributed by atoms with Crippen molar-refractivity contribution in [2.45, 2.75) is 45.2 Å². The van der Waals surface area contributed by atoms with E-state index in [1.165, 1.54) is 0 Å². The Hall–Kier alpha value is -1.75. The Kier molecular flexibility index (Phi) is 4.84. The summed E-state index contributed by atoms with van der Waals surface area (Å²) >= 11 is 0. The first-order valence-corrected chi connectivity index (χ1v) is 9.66. The van der Waals surface area contributed by atoms with Crippen molar-refractivity contribution in [3.05, 3.63) is 23.8 Å². The molecule has 136 valence electrons. The lowest BCUT2D eigenvalue weighted by Gasteiger charge is -2.39. The van der Waals surface area contributed by atoms with Crippen LogP contribution in [-0.2, 0) is 11.3 Å². The molecule has 1 amide bonds. The van der Waals surface area contributed by atoms with Crippen LogP contribution in [-0.4, -0.2) is 43.2 Å². The summed E-state index contributed by atoms with van der Waals surface area (Å²) in [6.45, 7) is 6.03. The van der Waals surface area contributed by atoms with Gasteiger partial charge in [-0.05, 0) is 31.2 Å². The van der Waals surface area contributed by atoms with Crippen LogP contribution in [0.15, 0.2) is 18.2 Å². The predicted octanol–water partition coefficient (Wildman–Crippen LogP) is 2.58. The van der Waals surface area contributed by atoms with Crippen LogP contribution < -0.4 is 14.8 Å². The van der Waals surface area contributed by atoms with E-state index in [1.54, 1.807) is 0 Å². The number of nitrogens with zero attached hydrogens (tertiary/aromatic N) is 1. The number of nitrogens with one attached hydrogen (secondary N) is 1. The molecule has 1 aromatic rings. The zero-order valence-electron chi connectivity index (χ0n) is 15.0. The molecule has 0 bridgehead atoms. The van der Waals surface area contributed by atoms with Gasteiger partial charge in [0.15, 0.2) is 11.5 Å². The highest BCUT2D eigenvalue weighted by Gasteiger charge is 2.37. The Morgan fingerprint density at radius 3 is 2.88 bits per heavy atom. The largest absolute Gasteiger partial charge is 0.486 e. The lowest BCUT2D eigenvalue weighted by molar-refractivity contribution is -0.134. The van der Waals surface area contributed by atoms with Crippen LogP contribution in [0, 0.1) is 11.8 Å². The molecule has 3 aliphatic rings. The summed E-state index contributed by atoms with van der Waals surface area (Å²) in [6.07, 6.45) is 4.31. The lowest BCUT2D eigenvalue weighted by Crippen LogP contribution is -2.51. The monoisotopic (exact) mass is 344 g/mol. The molecule has 2 fully saturated rings.